The molecular weight excluding hydrogens is 975 g/mol. The number of benzene rings is 2. The van der Waals surface area contributed by atoms with Crippen molar-refractivity contribution in [2.45, 2.75) is 112 Å². The van der Waals surface area contributed by atoms with E-state index in [-0.39, 0.29) is 72.7 Å². The molecule has 9 aliphatic rings. The highest BCUT2D eigenvalue weighted by Gasteiger charge is 2.70. The van der Waals surface area contributed by atoms with Crippen molar-refractivity contribution in [2.24, 2.45) is 0 Å². The number of aliphatic hydroxyl groups is 1. The Bertz CT molecular complexity index is 2780. The normalized spacial score (nSPS) is 31.1. The van der Waals surface area contributed by atoms with Gasteiger partial charge in [0.25, 0.3) is 17.7 Å². The lowest BCUT2D eigenvalue weighted by molar-refractivity contribution is -0.256. The summed E-state index contributed by atoms with van der Waals surface area (Å²) in [5, 5.41) is 49.5. The van der Waals surface area contributed by atoms with Gasteiger partial charge in [-0.3, -0.25) is 53.0 Å². The summed E-state index contributed by atoms with van der Waals surface area (Å²) in [5.41, 5.74) is -5.36. The van der Waals surface area contributed by atoms with Gasteiger partial charge in [0.15, 0.2) is 24.6 Å². The van der Waals surface area contributed by atoms with Gasteiger partial charge in [-0.1, -0.05) is 12.1 Å². The summed E-state index contributed by atoms with van der Waals surface area (Å²) >= 11 is 0. The SMILES string of the molecule is COc1cccc2c1C(=O)c1c(O)c3c(c(O)c1C2=O)C[C@@](O)(C(=O)NC12CC(NC(=O)CNC(=O)CNC(=O)CNC(=O)CCN4C(=O)C=CC4=O)(C1)C2)C[C@@H]3O[C@H]1C[C@H]2[C@H](O[C@@H]3[C@@H](OC)OCCN32)[C@H](C)O1. The lowest BCUT2D eigenvalue weighted by Gasteiger charge is -2.70. The van der Waals surface area contributed by atoms with E-state index >= 15 is 0 Å². The number of phenolic OH excluding ortho intramolecular Hbond substituents is 2. The molecule has 8 N–H and O–H groups in total. The fourth-order valence-electron chi connectivity index (χ4n) is 11.9. The van der Waals surface area contributed by atoms with Gasteiger partial charge in [-0.2, -0.15) is 0 Å². The van der Waals surface area contributed by atoms with Gasteiger partial charge in [-0.25, -0.2) is 0 Å². The summed E-state index contributed by atoms with van der Waals surface area (Å²) in [6.07, 6.45) is -2.66. The Morgan fingerprint density at radius 2 is 1.46 bits per heavy atom. The second kappa shape index (κ2) is 19.1. The second-order valence-corrected chi connectivity index (χ2v) is 20.0. The molecule has 2 aromatic rings. The number of methoxy groups -OCH3 is 2. The predicted octanol–water partition coefficient (Wildman–Crippen LogP) is -2.28. The van der Waals surface area contributed by atoms with Gasteiger partial charge in [0.2, 0.25) is 29.4 Å². The number of imide groups is 1. The average molecular weight is 1030 g/mol. The minimum absolute atomic E-state index is 0.0739. The maximum absolute atomic E-state index is 14.5. The number of carbonyl (C=O) groups is 9. The molecule has 0 unspecified atom stereocenters. The fraction of sp³-hybridized carbons (Fsp3) is 0.531. The third kappa shape index (κ3) is 8.83. The third-order valence-corrected chi connectivity index (χ3v) is 15.2. The van der Waals surface area contributed by atoms with E-state index in [0.717, 1.165) is 17.1 Å². The van der Waals surface area contributed by atoms with Gasteiger partial charge in [0.1, 0.15) is 29.0 Å². The molecule has 3 saturated carbocycles. The molecule has 2 bridgehead atoms. The molecule has 8 atom stereocenters. The maximum Gasteiger partial charge on any atom is 0.253 e. The smallest absolute Gasteiger partial charge is 0.253 e. The van der Waals surface area contributed by atoms with Gasteiger partial charge in [-0.05, 0) is 32.3 Å². The molecule has 7 amide bonds. The highest BCUT2D eigenvalue weighted by atomic mass is 16.7. The summed E-state index contributed by atoms with van der Waals surface area (Å²) in [7, 11) is 2.84. The van der Waals surface area contributed by atoms with E-state index in [1.807, 2.05) is 6.92 Å². The van der Waals surface area contributed by atoms with Gasteiger partial charge in [-0.15, -0.1) is 0 Å². The third-order valence-electron chi connectivity index (χ3n) is 15.2. The van der Waals surface area contributed by atoms with Crippen LogP contribution in [0.4, 0.5) is 0 Å². The van der Waals surface area contributed by atoms with Crippen LogP contribution in [0.15, 0.2) is 30.4 Å². The number of ether oxygens (including phenoxy) is 6. The van der Waals surface area contributed by atoms with Crippen molar-refractivity contribution >= 4 is 52.9 Å². The Morgan fingerprint density at radius 1 is 0.811 bits per heavy atom. The molecule has 25 heteroatoms. The van der Waals surface area contributed by atoms with Gasteiger partial charge in [0.05, 0.1) is 62.2 Å². The molecule has 6 fully saturated rings. The molecule has 0 spiro atoms. The number of fused-ring (bicyclic) bond motifs is 6. The topological polar surface area (TPSA) is 336 Å². The summed E-state index contributed by atoms with van der Waals surface area (Å²) in [6.45, 7) is 1.11. The number of ketones is 2. The van der Waals surface area contributed by atoms with E-state index in [2.05, 4.69) is 31.5 Å². The number of aromatic hydroxyl groups is 2. The summed E-state index contributed by atoms with van der Waals surface area (Å²) in [5.74, 6) is -7.37. The Kier molecular flexibility index (Phi) is 13.1. The number of amides is 7. The summed E-state index contributed by atoms with van der Waals surface area (Å²) < 4.78 is 36.0. The van der Waals surface area contributed by atoms with E-state index in [0.29, 0.717) is 13.2 Å². The number of hydrogen-bond acceptors (Lipinski definition) is 19. The lowest BCUT2D eigenvalue weighted by atomic mass is 9.44. The minimum Gasteiger partial charge on any atom is -0.507 e. The molecule has 394 valence electrons. The van der Waals surface area contributed by atoms with Crippen LogP contribution in [0.1, 0.15) is 94.5 Å². The summed E-state index contributed by atoms with van der Waals surface area (Å²) in [6, 6.07) is 4.14. The van der Waals surface area contributed by atoms with E-state index in [1.165, 1.54) is 32.4 Å². The monoisotopic (exact) mass is 1030 g/mol. The van der Waals surface area contributed by atoms with Crippen LogP contribution in [0.5, 0.6) is 17.2 Å². The van der Waals surface area contributed by atoms with Crippen molar-refractivity contribution in [3.05, 3.63) is 63.7 Å². The van der Waals surface area contributed by atoms with Gasteiger partial charge >= 0.3 is 0 Å². The Balaban J connectivity index is 0.782. The number of phenols is 2. The number of carbonyl (C=O) groups excluding carboxylic acids is 9. The first-order valence-electron chi connectivity index (χ1n) is 24.2. The van der Waals surface area contributed by atoms with E-state index in [4.69, 9.17) is 28.4 Å². The number of morpholine rings is 1. The molecule has 4 aliphatic heterocycles. The molecule has 0 aromatic heterocycles. The molecular formula is C49H55N7O18. The quantitative estimate of drug-likeness (QED) is 0.0554. The Hall–Kier alpha value is -6.87. The van der Waals surface area contributed by atoms with Gasteiger partial charge in [0, 0.05) is 91.8 Å². The number of nitrogens with zero attached hydrogens (tertiary/aromatic N) is 2. The van der Waals surface area contributed by atoms with Crippen LogP contribution >= 0.6 is 0 Å². The number of rotatable bonds is 16. The van der Waals surface area contributed by atoms with E-state index in [1.54, 1.807) is 0 Å². The Morgan fingerprint density at radius 3 is 2.14 bits per heavy atom. The number of nitrogens with one attached hydrogen (secondary N) is 5. The van der Waals surface area contributed by atoms with E-state index < -0.39 is 162 Å². The maximum atomic E-state index is 14.5. The molecule has 74 heavy (non-hydrogen) atoms. The van der Waals surface area contributed by atoms with Crippen molar-refractivity contribution in [2.75, 3.05) is 53.6 Å². The summed E-state index contributed by atoms with van der Waals surface area (Å²) in [4.78, 5) is 119. The van der Waals surface area contributed by atoms with Crippen LogP contribution < -0.4 is 31.3 Å². The number of hydrogen-bond donors (Lipinski definition) is 8. The van der Waals surface area contributed by atoms with E-state index in [9.17, 15) is 58.5 Å². The van der Waals surface area contributed by atoms with Crippen molar-refractivity contribution in [1.29, 1.82) is 0 Å². The molecule has 25 nitrogen and oxygen atoms in total. The molecule has 0 radical (unpaired) electrons. The zero-order valence-corrected chi connectivity index (χ0v) is 40.5. The molecule has 5 aliphatic carbocycles. The van der Waals surface area contributed by atoms with Gasteiger partial charge < -0.3 is 70.3 Å². The first-order chi connectivity index (χ1) is 35.3. The van der Waals surface area contributed by atoms with Crippen LogP contribution in [0, 0.1) is 0 Å². The first-order valence-corrected chi connectivity index (χ1v) is 24.2. The Labute approximate surface area is 421 Å². The zero-order chi connectivity index (χ0) is 52.6. The highest BCUT2D eigenvalue weighted by molar-refractivity contribution is 6.31. The standard InChI is InChI=1S/C49H55N7O18/c1-22-43-25(55-11-12-71-45(70-3)44(55)74-43)13-34(72-22)73-27-15-49(68,14-24-36(27)42(66)38-37(40(24)64)39(63)23-5-4-6-26(69-2)35(23)41(38)65)46(67)54-48-19-47(20-48,21-48)53-31(60)18-52-30(59)17-51-29(58)16-50-28(57)9-10-56-32(61)7-8-33(56)62/h4-8,22,25,27,34,43-45,64,66,68H,9-21H2,1-3H3,(H,50,57)(H,51,58)(H,52,59)(H,53,60)(H,54,67)/t22-,25-,27-,34-,43+,44+,45-,47?,48?,49-/m0/s1. The van der Waals surface area contributed by atoms with Crippen LogP contribution in [-0.4, -0.2) is 185 Å². The van der Waals surface area contributed by atoms with Crippen LogP contribution in [0.3, 0.4) is 0 Å². The molecule has 11 rings (SSSR count). The van der Waals surface area contributed by atoms with Crippen molar-refractivity contribution in [3.63, 3.8) is 0 Å². The molecule has 3 saturated heterocycles. The van der Waals surface area contributed by atoms with Crippen LogP contribution in [0.2, 0.25) is 0 Å². The zero-order valence-electron chi connectivity index (χ0n) is 40.5. The first kappa shape index (κ1) is 50.7. The molecule has 2 aromatic carbocycles. The fourth-order valence-corrected chi connectivity index (χ4v) is 11.9. The minimum atomic E-state index is -2.33. The predicted molar refractivity (Wildman–Crippen MR) is 247 cm³/mol. The highest BCUT2D eigenvalue weighted by Crippen LogP contribution is 2.61. The van der Waals surface area contributed by atoms with Crippen molar-refractivity contribution in [1.82, 2.24) is 36.4 Å². The van der Waals surface area contributed by atoms with Crippen LogP contribution in [-0.2, 0) is 63.7 Å². The largest absolute Gasteiger partial charge is 0.507 e. The second-order valence-electron chi connectivity index (χ2n) is 20.0. The average Bonchev–Trinajstić information content (AvgIpc) is 3.92. The van der Waals surface area contributed by atoms with Crippen molar-refractivity contribution < 1.29 is 86.9 Å². The van der Waals surface area contributed by atoms with Crippen LogP contribution in [0.25, 0.3) is 0 Å². The van der Waals surface area contributed by atoms with Crippen molar-refractivity contribution in [3.8, 4) is 17.2 Å². The lowest BCUT2D eigenvalue weighted by Crippen LogP contribution is -2.85. The molecule has 4 heterocycles.